The van der Waals surface area contributed by atoms with E-state index in [1.54, 1.807) is 12.1 Å². The Morgan fingerprint density at radius 3 is 2.59 bits per heavy atom. The van der Waals surface area contributed by atoms with Gasteiger partial charge < -0.3 is 8.92 Å². The minimum Gasteiger partial charge on any atom is -0.488 e. The zero-order valence-corrected chi connectivity index (χ0v) is 19.1. The predicted octanol–water partition coefficient (Wildman–Crippen LogP) is 4.90. The van der Waals surface area contributed by atoms with Crippen LogP contribution >= 0.6 is 11.6 Å². The summed E-state index contributed by atoms with van der Waals surface area (Å²) in [7, 11) is -3.94. The molecule has 2 heterocycles. The number of piperidine rings is 1. The average Bonchev–Trinajstić information content (AvgIpc) is 3.15. The number of rotatable bonds is 6. The molecule has 3 aromatic rings. The first kappa shape index (κ1) is 21.3. The molecule has 0 N–H and O–H groups in total. The number of halogens is 1. The van der Waals surface area contributed by atoms with E-state index in [1.165, 1.54) is 29.8 Å². The highest BCUT2D eigenvalue weighted by Gasteiger charge is 2.39. The highest BCUT2D eigenvalue weighted by atomic mass is 35.5. The Balaban J connectivity index is 1.25. The molecule has 5 rings (SSSR count). The minimum absolute atomic E-state index is 0.0612. The van der Waals surface area contributed by atoms with Crippen LogP contribution in [0.25, 0.3) is 0 Å². The lowest BCUT2D eigenvalue weighted by Gasteiger charge is -2.34. The molecule has 7 heteroatoms. The summed E-state index contributed by atoms with van der Waals surface area (Å²) in [6, 6.07) is 21.8. The molecule has 2 aliphatic heterocycles. The summed E-state index contributed by atoms with van der Waals surface area (Å²) in [4.78, 5) is 2.51. The second-order valence-electron chi connectivity index (χ2n) is 8.28. The Morgan fingerprint density at radius 2 is 1.81 bits per heavy atom. The van der Waals surface area contributed by atoms with E-state index >= 15 is 0 Å². The zero-order valence-electron chi connectivity index (χ0n) is 17.5. The van der Waals surface area contributed by atoms with Gasteiger partial charge in [0.1, 0.15) is 22.5 Å². The summed E-state index contributed by atoms with van der Waals surface area (Å²) in [5.41, 5.74) is 2.47. The summed E-state index contributed by atoms with van der Waals surface area (Å²) < 4.78 is 36.8. The van der Waals surface area contributed by atoms with Gasteiger partial charge in [0.25, 0.3) is 0 Å². The van der Waals surface area contributed by atoms with Crippen molar-refractivity contribution < 1.29 is 17.3 Å². The van der Waals surface area contributed by atoms with E-state index in [0.29, 0.717) is 16.7 Å². The fraction of sp³-hybridized carbons (Fsp3) is 0.280. The Kier molecular flexibility index (Phi) is 5.84. The minimum atomic E-state index is -3.94. The quantitative estimate of drug-likeness (QED) is 0.480. The van der Waals surface area contributed by atoms with Crippen molar-refractivity contribution in [2.45, 2.75) is 29.8 Å². The van der Waals surface area contributed by atoms with Gasteiger partial charge in [-0.05, 0) is 55.3 Å². The first-order chi connectivity index (χ1) is 15.5. The molecule has 3 aromatic carbocycles. The molecule has 0 aromatic heterocycles. The van der Waals surface area contributed by atoms with Crippen LogP contribution < -0.4 is 8.92 Å². The lowest BCUT2D eigenvalue weighted by molar-refractivity contribution is 0.0926. The maximum Gasteiger partial charge on any atom is 0.339 e. The molecule has 1 fully saturated rings. The summed E-state index contributed by atoms with van der Waals surface area (Å²) >= 11 is 5.85. The molecule has 0 saturated carbocycles. The van der Waals surface area contributed by atoms with Crippen LogP contribution in [0.15, 0.2) is 77.7 Å². The summed E-state index contributed by atoms with van der Waals surface area (Å²) in [6.45, 7) is 2.89. The van der Waals surface area contributed by atoms with Crippen molar-refractivity contribution in [2.24, 2.45) is 0 Å². The third-order valence-corrected chi connectivity index (χ3v) is 7.69. The van der Waals surface area contributed by atoms with Gasteiger partial charge in [-0.15, -0.1) is 0 Å². The van der Waals surface area contributed by atoms with Crippen LogP contribution in [0.2, 0.25) is 5.02 Å². The van der Waals surface area contributed by atoms with Crippen molar-refractivity contribution in [3.63, 3.8) is 0 Å². The van der Waals surface area contributed by atoms with Gasteiger partial charge in [-0.2, -0.15) is 8.42 Å². The van der Waals surface area contributed by atoms with Crippen molar-refractivity contribution >= 4 is 21.7 Å². The van der Waals surface area contributed by atoms with Gasteiger partial charge in [0, 0.05) is 35.7 Å². The second-order valence-corrected chi connectivity index (χ2v) is 10.3. The average molecular weight is 470 g/mol. The van der Waals surface area contributed by atoms with E-state index in [2.05, 4.69) is 29.2 Å². The molecule has 5 nitrogen and oxygen atoms in total. The Bertz CT molecular complexity index is 1200. The first-order valence-electron chi connectivity index (χ1n) is 10.7. The van der Waals surface area contributed by atoms with Gasteiger partial charge in [-0.25, -0.2) is 0 Å². The van der Waals surface area contributed by atoms with E-state index in [9.17, 15) is 8.42 Å². The lowest BCUT2D eigenvalue weighted by atomic mass is 9.89. The lowest BCUT2D eigenvalue weighted by Crippen LogP contribution is -2.43. The molecule has 1 saturated heterocycles. The third kappa shape index (κ3) is 4.49. The maximum absolute atomic E-state index is 12.6. The van der Waals surface area contributed by atoms with E-state index in [4.69, 9.17) is 20.5 Å². The van der Waals surface area contributed by atoms with Gasteiger partial charge in [0.15, 0.2) is 0 Å². The zero-order chi connectivity index (χ0) is 22.1. The Hall–Kier alpha value is -2.54. The molecular weight excluding hydrogens is 446 g/mol. The topological polar surface area (TPSA) is 55.8 Å². The van der Waals surface area contributed by atoms with Crippen LogP contribution in [0.4, 0.5) is 0 Å². The smallest absolute Gasteiger partial charge is 0.339 e. The van der Waals surface area contributed by atoms with Gasteiger partial charge in [0.05, 0.1) is 0 Å². The van der Waals surface area contributed by atoms with Gasteiger partial charge in [0.2, 0.25) is 0 Å². The van der Waals surface area contributed by atoms with Crippen molar-refractivity contribution in [1.29, 1.82) is 0 Å². The molecule has 166 valence electrons. The molecule has 2 unspecified atom stereocenters. The van der Waals surface area contributed by atoms with Crippen LogP contribution in [0.5, 0.6) is 11.5 Å². The number of fused-ring (bicyclic) bond motifs is 3. The maximum atomic E-state index is 12.6. The molecule has 2 aliphatic rings. The summed E-state index contributed by atoms with van der Waals surface area (Å²) in [6.07, 6.45) is 2.12. The summed E-state index contributed by atoms with van der Waals surface area (Å²) in [5, 5.41) is 0.468. The van der Waals surface area contributed by atoms with Crippen LogP contribution in [0.3, 0.4) is 0 Å². The Morgan fingerprint density at radius 1 is 1.03 bits per heavy atom. The number of ether oxygens (including phenoxy) is 1. The van der Waals surface area contributed by atoms with Crippen LogP contribution in [-0.2, 0) is 16.5 Å². The highest BCUT2D eigenvalue weighted by Crippen LogP contribution is 2.44. The molecule has 0 aliphatic carbocycles. The van der Waals surface area contributed by atoms with Gasteiger partial charge in [-0.1, -0.05) is 48.0 Å². The summed E-state index contributed by atoms with van der Waals surface area (Å²) in [5.74, 6) is 1.30. The van der Waals surface area contributed by atoms with Crippen LogP contribution in [0, 0.1) is 0 Å². The van der Waals surface area contributed by atoms with Crippen molar-refractivity contribution in [1.82, 2.24) is 4.90 Å². The molecule has 0 radical (unpaired) electrons. The molecule has 2 atom stereocenters. The third-order valence-electron chi connectivity index (χ3n) is 6.17. The number of nitrogens with zero attached hydrogens (tertiary/aromatic N) is 1. The van der Waals surface area contributed by atoms with Crippen molar-refractivity contribution in [3.05, 3.63) is 88.9 Å². The fourth-order valence-electron chi connectivity index (χ4n) is 4.50. The van der Waals surface area contributed by atoms with Crippen molar-refractivity contribution in [2.75, 3.05) is 19.6 Å². The number of likely N-dealkylation sites (tertiary alicyclic amines) is 1. The standard InChI is InChI=1S/C25H24ClNO4S/c26-19-6-9-21(10-7-19)32(28,29)31-20-8-11-22-23-13-15-27(17-25(23)30-24(22)16-20)14-12-18-4-2-1-3-5-18/h1-11,16,23,25H,12-15,17H2. The van der Waals surface area contributed by atoms with E-state index < -0.39 is 10.1 Å². The fourth-order valence-corrected chi connectivity index (χ4v) is 5.55. The van der Waals surface area contributed by atoms with Crippen LogP contribution in [0.1, 0.15) is 23.5 Å². The largest absolute Gasteiger partial charge is 0.488 e. The SMILES string of the molecule is O=S(=O)(Oc1ccc2c(c1)OC1CN(CCc3ccccc3)CCC21)c1ccc(Cl)cc1. The Labute approximate surface area is 193 Å². The highest BCUT2D eigenvalue weighted by molar-refractivity contribution is 7.87. The van der Waals surface area contributed by atoms with Gasteiger partial charge >= 0.3 is 10.1 Å². The van der Waals surface area contributed by atoms with Crippen LogP contribution in [-0.4, -0.2) is 39.1 Å². The molecule has 32 heavy (non-hydrogen) atoms. The molecule has 0 amide bonds. The number of benzene rings is 3. The van der Waals surface area contributed by atoms with E-state index in [0.717, 1.165) is 38.0 Å². The number of hydrogen-bond donors (Lipinski definition) is 0. The molecule has 0 spiro atoms. The van der Waals surface area contributed by atoms with E-state index in [1.807, 2.05) is 12.1 Å². The monoisotopic (exact) mass is 469 g/mol. The second kappa shape index (κ2) is 8.77. The van der Waals surface area contributed by atoms with E-state index in [-0.39, 0.29) is 16.7 Å². The first-order valence-corrected chi connectivity index (χ1v) is 12.5. The normalized spacial score (nSPS) is 20.3. The van der Waals surface area contributed by atoms with Gasteiger partial charge in [-0.3, -0.25) is 4.90 Å². The molecule has 0 bridgehead atoms. The number of hydrogen-bond acceptors (Lipinski definition) is 5. The predicted molar refractivity (Wildman–Crippen MR) is 124 cm³/mol. The molecular formula is C25H24ClNO4S. The van der Waals surface area contributed by atoms with Crippen molar-refractivity contribution in [3.8, 4) is 11.5 Å².